The molecule has 1 aromatic heterocycles. The van der Waals surface area contributed by atoms with Crippen molar-refractivity contribution in [1.82, 2.24) is 15.0 Å². The van der Waals surface area contributed by atoms with Crippen molar-refractivity contribution in [3.8, 4) is 5.69 Å². The van der Waals surface area contributed by atoms with Crippen LogP contribution in [-0.2, 0) is 6.18 Å². The number of nitrogens with zero attached hydrogens (tertiary/aromatic N) is 4. The van der Waals surface area contributed by atoms with E-state index < -0.39 is 34.0 Å². The first-order valence-electron chi connectivity index (χ1n) is 5.22. The van der Waals surface area contributed by atoms with Crippen molar-refractivity contribution in [2.24, 2.45) is 0 Å². The summed E-state index contributed by atoms with van der Waals surface area (Å²) >= 11 is 0. The molecule has 0 saturated heterocycles. The van der Waals surface area contributed by atoms with E-state index in [1.807, 2.05) is 0 Å². The highest BCUT2D eigenvalue weighted by atomic mass is 19.4. The van der Waals surface area contributed by atoms with Gasteiger partial charge in [0, 0.05) is 6.07 Å². The average Bonchev–Trinajstić information content (AvgIpc) is 2.86. The van der Waals surface area contributed by atoms with Crippen LogP contribution in [0.15, 0.2) is 24.4 Å². The molecule has 0 aliphatic carbocycles. The van der Waals surface area contributed by atoms with Crippen LogP contribution in [0.5, 0.6) is 0 Å². The number of carboxylic acid groups (broad SMARTS) is 1. The van der Waals surface area contributed by atoms with Crippen molar-refractivity contribution in [3.05, 3.63) is 45.8 Å². The molecule has 110 valence electrons. The largest absolute Gasteiger partial charge is 0.476 e. The normalized spacial score (nSPS) is 11.4. The van der Waals surface area contributed by atoms with Crippen molar-refractivity contribution in [2.45, 2.75) is 6.18 Å². The number of alkyl halides is 3. The summed E-state index contributed by atoms with van der Waals surface area (Å²) in [6, 6.07) is 2.17. The molecule has 0 saturated carbocycles. The number of hydrogen-bond acceptors (Lipinski definition) is 5. The lowest BCUT2D eigenvalue weighted by molar-refractivity contribution is -0.388. The number of nitro benzene ring substituents is 1. The molecule has 0 atom stereocenters. The SMILES string of the molecule is O=C(O)c1cn(-c2ccc([N+](=O)[O-])c(C(F)(F)F)c2)nn1. The van der Waals surface area contributed by atoms with Gasteiger partial charge in [0.1, 0.15) is 5.56 Å². The van der Waals surface area contributed by atoms with Gasteiger partial charge in [-0.25, -0.2) is 9.48 Å². The maximum atomic E-state index is 12.8. The van der Waals surface area contributed by atoms with Crippen molar-refractivity contribution in [1.29, 1.82) is 0 Å². The Kier molecular flexibility index (Phi) is 3.33. The van der Waals surface area contributed by atoms with Crippen LogP contribution in [0.25, 0.3) is 5.69 Å². The average molecular weight is 302 g/mol. The first-order chi connectivity index (χ1) is 9.70. The van der Waals surface area contributed by atoms with Crippen molar-refractivity contribution in [3.63, 3.8) is 0 Å². The Hall–Kier alpha value is -2.98. The number of carboxylic acids is 1. The van der Waals surface area contributed by atoms with Crippen molar-refractivity contribution in [2.75, 3.05) is 0 Å². The molecule has 0 unspecified atom stereocenters. The summed E-state index contributed by atoms with van der Waals surface area (Å²) in [6.07, 6.45) is -4.04. The second kappa shape index (κ2) is 4.85. The minimum absolute atomic E-state index is 0.201. The first kappa shape index (κ1) is 14.4. The first-order valence-corrected chi connectivity index (χ1v) is 5.22. The molecule has 0 fully saturated rings. The summed E-state index contributed by atoms with van der Waals surface area (Å²) in [7, 11) is 0. The number of carbonyl (C=O) groups is 1. The molecule has 21 heavy (non-hydrogen) atoms. The van der Waals surface area contributed by atoms with E-state index in [4.69, 9.17) is 5.11 Å². The lowest BCUT2D eigenvalue weighted by Gasteiger charge is -2.09. The maximum Gasteiger partial charge on any atom is 0.423 e. The number of nitro groups is 1. The smallest absolute Gasteiger partial charge is 0.423 e. The second-order valence-electron chi connectivity index (χ2n) is 3.81. The summed E-state index contributed by atoms with van der Waals surface area (Å²) in [6.45, 7) is 0. The number of hydrogen-bond donors (Lipinski definition) is 1. The Morgan fingerprint density at radius 2 is 2.05 bits per heavy atom. The molecular weight excluding hydrogens is 297 g/mol. The Balaban J connectivity index is 2.56. The highest BCUT2D eigenvalue weighted by molar-refractivity contribution is 5.84. The Morgan fingerprint density at radius 3 is 2.52 bits per heavy atom. The topological polar surface area (TPSA) is 111 Å². The summed E-state index contributed by atoms with van der Waals surface area (Å²) in [5.74, 6) is -1.40. The number of rotatable bonds is 3. The van der Waals surface area contributed by atoms with Gasteiger partial charge in [0.15, 0.2) is 5.69 Å². The maximum absolute atomic E-state index is 12.8. The molecule has 0 amide bonds. The van der Waals surface area contributed by atoms with Gasteiger partial charge in [-0.2, -0.15) is 13.2 Å². The lowest BCUT2D eigenvalue weighted by Crippen LogP contribution is -2.10. The minimum Gasteiger partial charge on any atom is -0.476 e. The molecule has 0 aliphatic heterocycles. The fraction of sp³-hybridized carbons (Fsp3) is 0.100. The van der Waals surface area contributed by atoms with Crippen LogP contribution in [0.1, 0.15) is 16.1 Å². The zero-order valence-electron chi connectivity index (χ0n) is 9.90. The van der Waals surface area contributed by atoms with Crippen LogP contribution in [0.2, 0.25) is 0 Å². The van der Waals surface area contributed by atoms with Crippen LogP contribution < -0.4 is 0 Å². The van der Waals surface area contributed by atoms with E-state index in [9.17, 15) is 28.1 Å². The zero-order valence-corrected chi connectivity index (χ0v) is 9.90. The molecule has 2 aromatic rings. The quantitative estimate of drug-likeness (QED) is 0.684. The molecule has 1 aromatic carbocycles. The van der Waals surface area contributed by atoms with Crippen LogP contribution >= 0.6 is 0 Å². The Morgan fingerprint density at radius 1 is 1.38 bits per heavy atom. The monoisotopic (exact) mass is 302 g/mol. The van der Waals surface area contributed by atoms with Crippen molar-refractivity contribution >= 4 is 11.7 Å². The Labute approximate surface area is 113 Å². The van der Waals surface area contributed by atoms with Gasteiger partial charge in [0.05, 0.1) is 16.8 Å². The number of aromatic carboxylic acids is 1. The van der Waals surface area contributed by atoms with E-state index in [0.29, 0.717) is 12.1 Å². The van der Waals surface area contributed by atoms with E-state index in [0.717, 1.165) is 16.9 Å². The third-order valence-corrected chi connectivity index (χ3v) is 2.46. The van der Waals surface area contributed by atoms with Gasteiger partial charge in [0.2, 0.25) is 0 Å². The molecule has 0 bridgehead atoms. The predicted molar refractivity (Wildman–Crippen MR) is 60.0 cm³/mol. The van der Waals surface area contributed by atoms with E-state index in [1.165, 1.54) is 0 Å². The van der Waals surface area contributed by atoms with Gasteiger partial charge in [-0.15, -0.1) is 5.10 Å². The fourth-order valence-corrected chi connectivity index (χ4v) is 1.54. The summed E-state index contributed by atoms with van der Waals surface area (Å²) in [5, 5.41) is 25.9. The third kappa shape index (κ3) is 2.80. The van der Waals surface area contributed by atoms with Crippen LogP contribution in [-0.4, -0.2) is 31.0 Å². The van der Waals surface area contributed by atoms with Crippen molar-refractivity contribution < 1.29 is 28.0 Å². The zero-order chi connectivity index (χ0) is 15.8. The molecule has 2 rings (SSSR count). The van der Waals surface area contributed by atoms with E-state index in [1.54, 1.807) is 0 Å². The summed E-state index contributed by atoms with van der Waals surface area (Å²) < 4.78 is 39.2. The number of aromatic nitrogens is 3. The van der Waals surface area contributed by atoms with E-state index in [-0.39, 0.29) is 5.69 Å². The van der Waals surface area contributed by atoms with Crippen LogP contribution in [0.3, 0.4) is 0 Å². The third-order valence-electron chi connectivity index (χ3n) is 2.46. The molecule has 0 aliphatic rings. The number of benzene rings is 1. The van der Waals surface area contributed by atoms with E-state index >= 15 is 0 Å². The summed E-state index contributed by atoms with van der Waals surface area (Å²) in [4.78, 5) is 20.1. The lowest BCUT2D eigenvalue weighted by atomic mass is 10.1. The molecule has 0 radical (unpaired) electrons. The van der Waals surface area contributed by atoms with Gasteiger partial charge in [-0.1, -0.05) is 5.21 Å². The minimum atomic E-state index is -4.94. The highest BCUT2D eigenvalue weighted by Gasteiger charge is 2.38. The molecule has 0 spiro atoms. The fourth-order valence-electron chi connectivity index (χ4n) is 1.54. The van der Waals surface area contributed by atoms with Crippen LogP contribution in [0, 0.1) is 10.1 Å². The second-order valence-corrected chi connectivity index (χ2v) is 3.81. The molecule has 1 N–H and O–H groups in total. The molecule has 8 nitrogen and oxygen atoms in total. The predicted octanol–water partition coefficient (Wildman–Crippen LogP) is 1.89. The highest BCUT2D eigenvalue weighted by Crippen LogP contribution is 2.37. The molecular formula is C10H5F3N4O4. The molecule has 1 heterocycles. The molecule has 11 heteroatoms. The van der Waals surface area contributed by atoms with E-state index in [2.05, 4.69) is 10.3 Å². The summed E-state index contributed by atoms with van der Waals surface area (Å²) in [5.41, 5.74) is -3.24. The van der Waals surface area contributed by atoms with Gasteiger partial charge in [-0.05, 0) is 12.1 Å². The van der Waals surface area contributed by atoms with Gasteiger partial charge in [0.25, 0.3) is 5.69 Å². The van der Waals surface area contributed by atoms with Gasteiger partial charge in [-0.3, -0.25) is 10.1 Å². The van der Waals surface area contributed by atoms with Gasteiger partial charge < -0.3 is 5.11 Å². The van der Waals surface area contributed by atoms with Crippen LogP contribution in [0.4, 0.5) is 18.9 Å². The van der Waals surface area contributed by atoms with Gasteiger partial charge >= 0.3 is 12.1 Å². The Bertz CT molecular complexity index is 725. The number of halogens is 3. The standard InChI is InChI=1S/C10H5F3N4O4/c11-10(12,13)6-3-5(1-2-8(6)17(20)21)16-4-7(9(18)19)14-15-16/h1-4H,(H,18,19).